The third kappa shape index (κ3) is 4.53. The Hall–Kier alpha value is -3.41. The minimum absolute atomic E-state index is 0.0472. The van der Waals surface area contributed by atoms with Crippen LogP contribution in [0.25, 0.3) is 10.9 Å². The van der Waals surface area contributed by atoms with Gasteiger partial charge >= 0.3 is 0 Å². The Kier molecular flexibility index (Phi) is 6.16. The second kappa shape index (κ2) is 9.16. The van der Waals surface area contributed by atoms with Crippen LogP contribution in [0.15, 0.2) is 54.7 Å². The molecule has 1 fully saturated rings. The van der Waals surface area contributed by atoms with Gasteiger partial charge in [-0.05, 0) is 37.5 Å². The molecule has 1 N–H and O–H groups in total. The summed E-state index contributed by atoms with van der Waals surface area (Å²) in [7, 11) is 0. The molecule has 3 aromatic rings. The van der Waals surface area contributed by atoms with Gasteiger partial charge in [0.25, 0.3) is 11.7 Å². The van der Waals surface area contributed by atoms with Crippen LogP contribution in [0.1, 0.15) is 41.6 Å². The Morgan fingerprint density at radius 1 is 0.903 bits per heavy atom. The number of hydrogen-bond donors (Lipinski definition) is 1. The molecule has 0 bridgehead atoms. The summed E-state index contributed by atoms with van der Waals surface area (Å²) < 4.78 is 1.79. The van der Waals surface area contributed by atoms with Gasteiger partial charge in [-0.3, -0.25) is 14.4 Å². The van der Waals surface area contributed by atoms with Gasteiger partial charge < -0.3 is 14.8 Å². The van der Waals surface area contributed by atoms with Gasteiger partial charge in [-0.15, -0.1) is 0 Å². The quantitative estimate of drug-likeness (QED) is 0.500. The number of nitrogens with one attached hydrogen (secondary N) is 1. The molecule has 0 radical (unpaired) electrons. The summed E-state index contributed by atoms with van der Waals surface area (Å²) in [5, 5.41) is 3.39. The number of ketones is 1. The largest absolute Gasteiger partial charge is 0.341 e. The normalized spacial score (nSPS) is 14.3. The van der Waals surface area contributed by atoms with Gasteiger partial charge in [-0.2, -0.15) is 0 Å². The maximum absolute atomic E-state index is 13.0. The Balaban J connectivity index is 1.58. The molecule has 31 heavy (non-hydrogen) atoms. The van der Waals surface area contributed by atoms with Crippen molar-refractivity contribution in [2.24, 2.45) is 0 Å². The Morgan fingerprint density at radius 3 is 2.32 bits per heavy atom. The highest BCUT2D eigenvalue weighted by Gasteiger charge is 2.23. The Labute approximate surface area is 181 Å². The minimum atomic E-state index is -0.684. The number of hydrogen-bond acceptors (Lipinski definition) is 3. The first-order valence-electron chi connectivity index (χ1n) is 10.8. The van der Waals surface area contributed by atoms with Gasteiger partial charge in [0.1, 0.15) is 6.54 Å². The van der Waals surface area contributed by atoms with Crippen molar-refractivity contribution in [3.05, 3.63) is 65.9 Å². The molecule has 0 atom stereocenters. The van der Waals surface area contributed by atoms with Crippen molar-refractivity contribution in [1.82, 2.24) is 9.47 Å². The summed E-state index contributed by atoms with van der Waals surface area (Å²) in [5.74, 6) is -1.25. The van der Waals surface area contributed by atoms with Crippen LogP contribution < -0.4 is 5.32 Å². The van der Waals surface area contributed by atoms with Crippen molar-refractivity contribution in [1.29, 1.82) is 0 Å². The average Bonchev–Trinajstić information content (AvgIpc) is 2.94. The zero-order chi connectivity index (χ0) is 21.8. The van der Waals surface area contributed by atoms with E-state index >= 15 is 0 Å². The van der Waals surface area contributed by atoms with Crippen molar-refractivity contribution in [3.8, 4) is 0 Å². The van der Waals surface area contributed by atoms with Crippen LogP contribution in [0.5, 0.6) is 0 Å². The Morgan fingerprint density at radius 2 is 1.58 bits per heavy atom. The van der Waals surface area contributed by atoms with E-state index in [1.807, 2.05) is 54.3 Å². The van der Waals surface area contributed by atoms with Gasteiger partial charge in [-0.25, -0.2) is 0 Å². The first-order valence-corrected chi connectivity index (χ1v) is 10.8. The zero-order valence-electron chi connectivity index (χ0n) is 17.8. The van der Waals surface area contributed by atoms with Gasteiger partial charge in [0.2, 0.25) is 5.91 Å². The maximum Gasteiger partial charge on any atom is 0.296 e. The summed E-state index contributed by atoms with van der Waals surface area (Å²) >= 11 is 0. The van der Waals surface area contributed by atoms with Gasteiger partial charge in [0, 0.05) is 35.9 Å². The molecule has 0 saturated carbocycles. The van der Waals surface area contributed by atoms with E-state index in [1.165, 1.54) is 0 Å². The number of aryl methyl sites for hydroxylation is 1. The highest BCUT2D eigenvalue weighted by atomic mass is 16.2. The van der Waals surface area contributed by atoms with Crippen LogP contribution in [0.4, 0.5) is 5.69 Å². The lowest BCUT2D eigenvalue weighted by molar-refractivity contribution is -0.131. The van der Waals surface area contributed by atoms with Crippen molar-refractivity contribution < 1.29 is 14.4 Å². The van der Waals surface area contributed by atoms with Crippen LogP contribution in [-0.4, -0.2) is 40.2 Å². The molecule has 160 valence electrons. The topological polar surface area (TPSA) is 71.4 Å². The fourth-order valence-electron chi connectivity index (χ4n) is 4.14. The lowest BCUT2D eigenvalue weighted by Gasteiger charge is -2.20. The summed E-state index contributed by atoms with van der Waals surface area (Å²) in [4.78, 5) is 40.5. The van der Waals surface area contributed by atoms with Crippen LogP contribution in [0.2, 0.25) is 0 Å². The second-order valence-corrected chi connectivity index (χ2v) is 8.08. The maximum atomic E-state index is 13.0. The molecule has 1 aromatic heterocycles. The number of carbonyl (C=O) groups excluding carboxylic acids is 3. The number of anilines is 1. The summed E-state index contributed by atoms with van der Waals surface area (Å²) in [6.07, 6.45) is 6.01. The summed E-state index contributed by atoms with van der Waals surface area (Å²) in [6.45, 7) is 3.60. The number of aromatic nitrogens is 1. The highest BCUT2D eigenvalue weighted by molar-refractivity contribution is 6.48. The predicted molar refractivity (Wildman–Crippen MR) is 121 cm³/mol. The second-order valence-electron chi connectivity index (χ2n) is 8.08. The Bertz CT molecular complexity index is 1120. The predicted octanol–water partition coefficient (Wildman–Crippen LogP) is 4.17. The standard InChI is InChI=1S/C25H27N3O3/c1-18-10-4-6-12-21(18)26-25(31)24(30)20-16-28(22-13-7-5-11-19(20)22)17-23(29)27-14-8-2-3-9-15-27/h4-7,10-13,16H,2-3,8-9,14-15,17H2,1H3,(H,26,31). The van der Waals surface area contributed by atoms with Crippen molar-refractivity contribution >= 4 is 34.2 Å². The zero-order valence-corrected chi connectivity index (χ0v) is 17.8. The first kappa shape index (κ1) is 20.8. The van der Waals surface area contributed by atoms with E-state index in [1.54, 1.807) is 16.8 Å². The van der Waals surface area contributed by atoms with Crippen LogP contribution >= 0.6 is 0 Å². The number of fused-ring (bicyclic) bond motifs is 1. The summed E-state index contributed by atoms with van der Waals surface area (Å²) in [6, 6.07) is 14.7. The molecular weight excluding hydrogens is 390 g/mol. The first-order chi connectivity index (χ1) is 15.0. The molecule has 1 aliphatic rings. The lowest BCUT2D eigenvalue weighted by atomic mass is 10.1. The molecule has 2 amide bonds. The van der Waals surface area contributed by atoms with Gasteiger partial charge in [0.05, 0.1) is 5.56 Å². The SMILES string of the molecule is Cc1ccccc1NC(=O)C(=O)c1cn(CC(=O)N2CCCCCC2)c2ccccc12. The molecule has 0 spiro atoms. The van der Waals surface area contributed by atoms with Crippen molar-refractivity contribution in [2.75, 3.05) is 18.4 Å². The molecule has 2 aromatic carbocycles. The molecule has 1 aliphatic heterocycles. The highest BCUT2D eigenvalue weighted by Crippen LogP contribution is 2.23. The van der Waals surface area contributed by atoms with Gasteiger partial charge in [0.15, 0.2) is 0 Å². The lowest BCUT2D eigenvalue weighted by Crippen LogP contribution is -2.34. The fraction of sp³-hybridized carbons (Fsp3) is 0.320. The smallest absolute Gasteiger partial charge is 0.296 e. The van der Waals surface area contributed by atoms with Gasteiger partial charge in [-0.1, -0.05) is 49.2 Å². The molecule has 4 rings (SSSR count). The average molecular weight is 418 g/mol. The third-order valence-electron chi connectivity index (χ3n) is 5.90. The van der Waals surface area contributed by atoms with E-state index in [0.29, 0.717) is 16.6 Å². The molecule has 6 nitrogen and oxygen atoms in total. The fourth-order valence-corrected chi connectivity index (χ4v) is 4.14. The number of Topliss-reactive ketones (excluding diaryl/α,β-unsaturated/α-hetero) is 1. The summed E-state index contributed by atoms with van der Waals surface area (Å²) in [5.41, 5.74) is 2.58. The number of amides is 2. The number of nitrogens with zero attached hydrogens (tertiary/aromatic N) is 2. The molecule has 0 aliphatic carbocycles. The van der Waals surface area contributed by atoms with E-state index in [2.05, 4.69) is 5.32 Å². The van der Waals surface area contributed by atoms with Crippen molar-refractivity contribution in [3.63, 3.8) is 0 Å². The minimum Gasteiger partial charge on any atom is -0.341 e. The third-order valence-corrected chi connectivity index (χ3v) is 5.90. The number of benzene rings is 2. The number of para-hydroxylation sites is 2. The molecule has 6 heteroatoms. The number of carbonyl (C=O) groups is 3. The molecule has 1 saturated heterocycles. The van der Waals surface area contributed by atoms with Crippen LogP contribution in [-0.2, 0) is 16.1 Å². The van der Waals surface area contributed by atoms with E-state index < -0.39 is 11.7 Å². The molecule has 0 unspecified atom stereocenters. The van der Waals surface area contributed by atoms with E-state index in [-0.39, 0.29) is 12.5 Å². The number of rotatable bonds is 5. The van der Waals surface area contributed by atoms with E-state index in [4.69, 9.17) is 0 Å². The van der Waals surface area contributed by atoms with Crippen LogP contribution in [0.3, 0.4) is 0 Å². The van der Waals surface area contributed by atoms with E-state index in [9.17, 15) is 14.4 Å². The number of likely N-dealkylation sites (tertiary alicyclic amines) is 1. The van der Waals surface area contributed by atoms with Crippen LogP contribution in [0, 0.1) is 6.92 Å². The molecular formula is C25H27N3O3. The van der Waals surface area contributed by atoms with Crippen molar-refractivity contribution in [2.45, 2.75) is 39.2 Å². The monoisotopic (exact) mass is 417 g/mol. The van der Waals surface area contributed by atoms with E-state index in [0.717, 1.165) is 49.9 Å². The molecule has 2 heterocycles.